The van der Waals surface area contributed by atoms with Crippen LogP contribution in [0.1, 0.15) is 5.56 Å². The van der Waals surface area contributed by atoms with Crippen LogP contribution in [0, 0.1) is 18.2 Å². The maximum atomic E-state index is 13.7. The molecule has 31 heavy (non-hydrogen) atoms. The Bertz CT molecular complexity index is 1120. The molecule has 1 saturated heterocycles. The largest absolute Gasteiger partial charge is 0.478 e. The Labute approximate surface area is 191 Å². The van der Waals surface area contributed by atoms with Crippen molar-refractivity contribution in [2.75, 3.05) is 18.5 Å². The van der Waals surface area contributed by atoms with Crippen LogP contribution in [-0.2, 0) is 9.59 Å². The highest BCUT2D eigenvalue weighted by atomic mass is 35.5. The van der Waals surface area contributed by atoms with E-state index in [1.54, 1.807) is 6.07 Å². The maximum absolute atomic E-state index is 13.7. The molecule has 1 fully saturated rings. The van der Waals surface area contributed by atoms with Crippen LogP contribution in [0.4, 0.5) is 14.9 Å². The van der Waals surface area contributed by atoms with Gasteiger partial charge in [-0.2, -0.15) is 0 Å². The van der Waals surface area contributed by atoms with Gasteiger partial charge in [0.05, 0.1) is 20.6 Å². The number of anilines is 1. The molecule has 3 amide bonds. The van der Waals surface area contributed by atoms with Gasteiger partial charge in [0.25, 0.3) is 11.1 Å². The van der Waals surface area contributed by atoms with Crippen molar-refractivity contribution in [3.05, 3.63) is 62.7 Å². The number of hydrogen-bond acceptors (Lipinski definition) is 5. The third kappa shape index (κ3) is 5.39. The highest BCUT2D eigenvalue weighted by Crippen LogP contribution is 2.37. The van der Waals surface area contributed by atoms with Crippen LogP contribution >= 0.6 is 35.0 Å². The molecule has 3 rings (SSSR count). The molecule has 0 aromatic heterocycles. The van der Waals surface area contributed by atoms with Gasteiger partial charge in [0.2, 0.25) is 5.91 Å². The molecule has 0 unspecified atom stereocenters. The minimum absolute atomic E-state index is 0.0212. The van der Waals surface area contributed by atoms with Crippen molar-refractivity contribution in [1.82, 2.24) is 4.90 Å². The summed E-state index contributed by atoms with van der Waals surface area (Å²) in [4.78, 5) is 37.8. The van der Waals surface area contributed by atoms with Gasteiger partial charge in [-0.05, 0) is 47.7 Å². The van der Waals surface area contributed by atoms with E-state index in [9.17, 15) is 18.8 Å². The van der Waals surface area contributed by atoms with E-state index < -0.39 is 29.4 Å². The third-order valence-corrected chi connectivity index (χ3v) is 5.41. The van der Waals surface area contributed by atoms with Gasteiger partial charge >= 0.3 is 0 Å². The van der Waals surface area contributed by atoms with E-state index >= 15 is 0 Å². The number of nitrogens with zero attached hydrogens (tertiary/aromatic N) is 1. The van der Waals surface area contributed by atoms with Crippen LogP contribution in [-0.4, -0.2) is 35.1 Å². The zero-order chi connectivity index (χ0) is 22.5. The summed E-state index contributed by atoms with van der Waals surface area (Å²) in [5.41, 5.74) is 0.399. The normalized spacial score (nSPS) is 14.6. The first-order valence-electron chi connectivity index (χ1n) is 8.65. The lowest BCUT2D eigenvalue weighted by Gasteiger charge is -2.12. The number of nitrogens with one attached hydrogen (secondary N) is 1. The maximum Gasteiger partial charge on any atom is 0.294 e. The zero-order valence-electron chi connectivity index (χ0n) is 15.7. The lowest BCUT2D eigenvalue weighted by Crippen LogP contribution is -2.36. The zero-order valence-corrected chi connectivity index (χ0v) is 18.0. The second-order valence-electron chi connectivity index (χ2n) is 6.10. The van der Waals surface area contributed by atoms with Gasteiger partial charge in [-0.25, -0.2) is 4.39 Å². The molecule has 2 aromatic carbocycles. The first kappa shape index (κ1) is 22.7. The molecule has 0 saturated carbocycles. The number of thioether (sulfide) groups is 1. The number of terminal acetylenes is 1. The quantitative estimate of drug-likeness (QED) is 0.475. The number of para-hydroxylation sites is 1. The van der Waals surface area contributed by atoms with Gasteiger partial charge in [-0.3, -0.25) is 19.3 Å². The van der Waals surface area contributed by atoms with Gasteiger partial charge in [0.15, 0.2) is 5.75 Å². The molecule has 6 nitrogen and oxygen atoms in total. The molecule has 1 N–H and O–H groups in total. The number of rotatable bonds is 6. The van der Waals surface area contributed by atoms with Crippen molar-refractivity contribution < 1.29 is 23.5 Å². The minimum atomic E-state index is -0.713. The molecule has 0 spiro atoms. The average Bonchev–Trinajstić information content (AvgIpc) is 2.96. The number of carbonyl (C=O) groups is 3. The van der Waals surface area contributed by atoms with E-state index in [-0.39, 0.29) is 33.0 Å². The summed E-state index contributed by atoms with van der Waals surface area (Å²) in [7, 11) is 0. The van der Waals surface area contributed by atoms with Gasteiger partial charge in [0.1, 0.15) is 19.0 Å². The van der Waals surface area contributed by atoms with Crippen LogP contribution in [0.25, 0.3) is 6.08 Å². The van der Waals surface area contributed by atoms with Gasteiger partial charge in [-0.1, -0.05) is 41.3 Å². The Morgan fingerprint density at radius 3 is 2.58 bits per heavy atom. The van der Waals surface area contributed by atoms with Crippen molar-refractivity contribution >= 4 is 63.8 Å². The lowest BCUT2D eigenvalue weighted by molar-refractivity contribution is -0.127. The van der Waals surface area contributed by atoms with E-state index in [2.05, 4.69) is 11.2 Å². The van der Waals surface area contributed by atoms with Crippen LogP contribution in [0.15, 0.2) is 41.3 Å². The molecule has 0 bridgehead atoms. The number of benzene rings is 2. The summed E-state index contributed by atoms with van der Waals surface area (Å²) >= 11 is 13.0. The first-order valence-corrected chi connectivity index (χ1v) is 10.2. The number of carbonyl (C=O) groups excluding carboxylic acids is 3. The third-order valence-electron chi connectivity index (χ3n) is 3.94. The summed E-state index contributed by atoms with van der Waals surface area (Å²) in [5, 5.41) is 2.05. The molecule has 0 atom stereocenters. The molecule has 1 aliphatic heterocycles. The number of ether oxygens (including phenoxy) is 1. The van der Waals surface area contributed by atoms with Gasteiger partial charge in [0, 0.05) is 0 Å². The summed E-state index contributed by atoms with van der Waals surface area (Å²) in [6.45, 7) is -0.580. The molecule has 10 heteroatoms. The van der Waals surface area contributed by atoms with Gasteiger partial charge < -0.3 is 10.1 Å². The van der Waals surface area contributed by atoms with E-state index in [1.807, 2.05) is 0 Å². The number of halogens is 3. The Balaban J connectivity index is 1.74. The molecule has 2 aromatic rings. The van der Waals surface area contributed by atoms with Crippen molar-refractivity contribution in [1.29, 1.82) is 0 Å². The van der Waals surface area contributed by atoms with Crippen molar-refractivity contribution in [3.8, 4) is 18.1 Å². The van der Waals surface area contributed by atoms with E-state index in [1.165, 1.54) is 36.4 Å². The van der Waals surface area contributed by atoms with Crippen LogP contribution in [0.5, 0.6) is 5.75 Å². The molecule has 158 valence electrons. The minimum Gasteiger partial charge on any atom is -0.478 e. The lowest BCUT2D eigenvalue weighted by atomic mass is 10.2. The Hall–Kier alpha value is -2.99. The number of amides is 3. The summed E-state index contributed by atoms with van der Waals surface area (Å²) in [5.74, 6) is 0.490. The predicted molar refractivity (Wildman–Crippen MR) is 118 cm³/mol. The molecule has 1 heterocycles. The summed E-state index contributed by atoms with van der Waals surface area (Å²) in [6, 6.07) is 8.55. The summed E-state index contributed by atoms with van der Waals surface area (Å²) in [6.07, 6.45) is 6.57. The smallest absolute Gasteiger partial charge is 0.294 e. The van der Waals surface area contributed by atoms with Crippen LogP contribution < -0.4 is 10.1 Å². The Kier molecular flexibility index (Phi) is 7.23. The second kappa shape index (κ2) is 9.88. The van der Waals surface area contributed by atoms with Crippen LogP contribution in [0.2, 0.25) is 10.0 Å². The van der Waals surface area contributed by atoms with Crippen molar-refractivity contribution in [2.24, 2.45) is 0 Å². The monoisotopic (exact) mass is 478 g/mol. The van der Waals surface area contributed by atoms with Crippen LogP contribution in [0.3, 0.4) is 0 Å². The molecular formula is C21H13Cl2FN2O4S. The first-order chi connectivity index (χ1) is 14.8. The van der Waals surface area contributed by atoms with Crippen molar-refractivity contribution in [3.63, 3.8) is 0 Å². The molecular weight excluding hydrogens is 466 g/mol. The van der Waals surface area contributed by atoms with E-state index in [0.717, 1.165) is 4.90 Å². The van der Waals surface area contributed by atoms with Gasteiger partial charge in [-0.15, -0.1) is 6.42 Å². The Morgan fingerprint density at radius 1 is 1.26 bits per heavy atom. The average molecular weight is 479 g/mol. The van der Waals surface area contributed by atoms with E-state index in [0.29, 0.717) is 17.3 Å². The fourth-order valence-electron chi connectivity index (χ4n) is 2.60. The number of imide groups is 1. The number of hydrogen-bond donors (Lipinski definition) is 1. The van der Waals surface area contributed by atoms with E-state index in [4.69, 9.17) is 34.4 Å². The molecule has 0 radical (unpaired) electrons. The standard InChI is InChI=1S/C21H13Cl2FN2O4S/c1-2-7-30-19-13(22)8-12(9-14(19)23)10-17-20(28)26(21(29)31-17)11-18(27)25-16-6-4-3-5-15(16)24/h1,3-6,8-10H,7,11H2,(H,25,27)/b17-10+. The SMILES string of the molecule is C#CCOc1c(Cl)cc(/C=C2/SC(=O)N(CC(=O)Nc3ccccc3F)C2=O)cc1Cl. The highest BCUT2D eigenvalue weighted by Gasteiger charge is 2.36. The fraction of sp³-hybridized carbons (Fsp3) is 0.0952. The molecule has 1 aliphatic rings. The topological polar surface area (TPSA) is 75.7 Å². The fourth-order valence-corrected chi connectivity index (χ4v) is 4.05. The second-order valence-corrected chi connectivity index (χ2v) is 7.91. The molecule has 0 aliphatic carbocycles. The Morgan fingerprint density at radius 2 is 1.94 bits per heavy atom. The summed E-state index contributed by atoms with van der Waals surface area (Å²) < 4.78 is 18.9. The predicted octanol–water partition coefficient (Wildman–Crippen LogP) is 4.82. The van der Waals surface area contributed by atoms with Crippen molar-refractivity contribution in [2.45, 2.75) is 0 Å². The highest BCUT2D eigenvalue weighted by molar-refractivity contribution is 8.18.